The van der Waals surface area contributed by atoms with Crippen LogP contribution in [0.5, 0.6) is 0 Å². The molecule has 2 atom stereocenters. The first kappa shape index (κ1) is 15.9. The van der Waals surface area contributed by atoms with Gasteiger partial charge in [0, 0.05) is 15.5 Å². The number of ketones is 1. The molecule has 21 heavy (non-hydrogen) atoms. The molecule has 0 fully saturated rings. The van der Waals surface area contributed by atoms with Gasteiger partial charge in [-0.25, -0.2) is 0 Å². The Hall–Kier alpha value is -1.45. The maximum Gasteiger partial charge on any atom is 0.178 e. The van der Waals surface area contributed by atoms with Crippen LogP contribution in [0.3, 0.4) is 0 Å². The van der Waals surface area contributed by atoms with Crippen LogP contribution >= 0.6 is 11.6 Å². The molecule has 0 heterocycles. The molecule has 0 N–H and O–H groups in total. The molecule has 0 amide bonds. The Kier molecular flexibility index (Phi) is 4.96. The zero-order valence-electron chi connectivity index (χ0n) is 12.2. The molecule has 4 heteroatoms. The molecule has 2 aromatic rings. The van der Waals surface area contributed by atoms with E-state index < -0.39 is 16.0 Å². The Balaban J connectivity index is 2.28. The molecule has 0 aliphatic heterocycles. The van der Waals surface area contributed by atoms with Crippen molar-refractivity contribution < 1.29 is 9.00 Å². The van der Waals surface area contributed by atoms with Crippen molar-refractivity contribution >= 4 is 28.2 Å². The first-order valence-corrected chi connectivity index (χ1v) is 8.27. The summed E-state index contributed by atoms with van der Waals surface area (Å²) in [6.45, 7) is 5.56. The molecule has 0 radical (unpaired) electrons. The molecule has 2 nitrogen and oxygen atoms in total. The van der Waals surface area contributed by atoms with Gasteiger partial charge in [-0.1, -0.05) is 23.7 Å². The van der Waals surface area contributed by atoms with E-state index in [9.17, 15) is 9.00 Å². The van der Waals surface area contributed by atoms with Crippen molar-refractivity contribution in [1.29, 1.82) is 0 Å². The molecule has 0 aliphatic rings. The summed E-state index contributed by atoms with van der Waals surface area (Å²) in [4.78, 5) is 13.2. The van der Waals surface area contributed by atoms with Crippen LogP contribution in [0.4, 0.5) is 0 Å². The predicted octanol–water partition coefficient (Wildman–Crippen LogP) is 4.34. The van der Waals surface area contributed by atoms with Gasteiger partial charge in [0.05, 0.1) is 16.0 Å². The maximum absolute atomic E-state index is 12.7. The molecule has 2 unspecified atom stereocenters. The largest absolute Gasteiger partial charge is 0.293 e. The lowest BCUT2D eigenvalue weighted by molar-refractivity contribution is 0.0992. The Bertz CT molecular complexity index is 692. The topological polar surface area (TPSA) is 34.1 Å². The van der Waals surface area contributed by atoms with Gasteiger partial charge in [0.15, 0.2) is 5.78 Å². The van der Waals surface area contributed by atoms with Crippen LogP contribution in [0.15, 0.2) is 47.4 Å². The number of benzene rings is 2. The normalized spacial score (nSPS) is 13.7. The molecule has 0 spiro atoms. The molecule has 110 valence electrons. The number of hydrogen-bond donors (Lipinski definition) is 0. The molecule has 0 aliphatic carbocycles. The number of carbonyl (C=O) groups is 1. The van der Waals surface area contributed by atoms with Gasteiger partial charge in [-0.2, -0.15) is 0 Å². The third kappa shape index (κ3) is 3.60. The minimum atomic E-state index is -1.37. The van der Waals surface area contributed by atoms with Gasteiger partial charge in [-0.15, -0.1) is 0 Å². The fourth-order valence-corrected chi connectivity index (χ4v) is 3.59. The Morgan fingerprint density at radius 2 is 1.71 bits per heavy atom. The molecule has 0 bridgehead atoms. The molecule has 0 aromatic heterocycles. The summed E-state index contributed by atoms with van der Waals surface area (Å²) in [5.74, 6) is -0.133. The SMILES string of the molecule is Cc1ccc(C)c(S(=O)C(C)C(=O)c2ccc(Cl)cc2)c1. The van der Waals surface area contributed by atoms with Crippen molar-refractivity contribution in [2.75, 3.05) is 0 Å². The summed E-state index contributed by atoms with van der Waals surface area (Å²) >= 11 is 5.82. The van der Waals surface area contributed by atoms with E-state index in [-0.39, 0.29) is 5.78 Å². The van der Waals surface area contributed by atoms with Crippen LogP contribution in [0.2, 0.25) is 5.02 Å². The predicted molar refractivity (Wildman–Crippen MR) is 87.6 cm³/mol. The van der Waals surface area contributed by atoms with E-state index in [2.05, 4.69) is 0 Å². The Morgan fingerprint density at radius 3 is 2.33 bits per heavy atom. The van der Waals surface area contributed by atoms with Gasteiger partial charge in [0.2, 0.25) is 0 Å². The number of hydrogen-bond acceptors (Lipinski definition) is 2. The fourth-order valence-electron chi connectivity index (χ4n) is 2.06. The van der Waals surface area contributed by atoms with E-state index in [1.807, 2.05) is 32.0 Å². The van der Waals surface area contributed by atoms with Crippen molar-refractivity contribution in [3.05, 3.63) is 64.2 Å². The van der Waals surface area contributed by atoms with Crippen LogP contribution in [0.25, 0.3) is 0 Å². The highest BCUT2D eigenvalue weighted by Crippen LogP contribution is 2.21. The Labute approximate surface area is 132 Å². The Morgan fingerprint density at radius 1 is 1.10 bits per heavy atom. The van der Waals surface area contributed by atoms with Crippen LogP contribution < -0.4 is 0 Å². The summed E-state index contributed by atoms with van der Waals surface area (Å²) in [6.07, 6.45) is 0. The molecule has 0 saturated heterocycles. The third-order valence-corrected chi connectivity index (χ3v) is 5.36. The second-order valence-corrected chi connectivity index (χ2v) is 7.26. The highest BCUT2D eigenvalue weighted by Gasteiger charge is 2.23. The van der Waals surface area contributed by atoms with E-state index in [4.69, 9.17) is 11.6 Å². The highest BCUT2D eigenvalue weighted by molar-refractivity contribution is 7.86. The second kappa shape index (κ2) is 6.54. The summed E-state index contributed by atoms with van der Waals surface area (Å²) < 4.78 is 12.7. The zero-order valence-corrected chi connectivity index (χ0v) is 13.8. The summed E-state index contributed by atoms with van der Waals surface area (Å²) in [6, 6.07) is 12.5. The smallest absolute Gasteiger partial charge is 0.178 e. The van der Waals surface area contributed by atoms with Crippen LogP contribution in [-0.2, 0) is 10.8 Å². The summed E-state index contributed by atoms with van der Waals surface area (Å²) in [7, 11) is -1.37. The number of aryl methyl sites for hydroxylation is 2. The van der Waals surface area contributed by atoms with E-state index in [1.54, 1.807) is 31.2 Å². The van der Waals surface area contributed by atoms with Gasteiger partial charge < -0.3 is 0 Å². The second-order valence-electron chi connectivity index (χ2n) is 5.08. The number of carbonyl (C=O) groups excluding carboxylic acids is 1. The molecule has 0 saturated carbocycles. The first-order chi connectivity index (χ1) is 9.90. The average Bonchev–Trinajstić information content (AvgIpc) is 2.48. The first-order valence-electron chi connectivity index (χ1n) is 6.68. The maximum atomic E-state index is 12.7. The van der Waals surface area contributed by atoms with E-state index in [0.717, 1.165) is 16.0 Å². The van der Waals surface area contributed by atoms with Crippen molar-refractivity contribution in [2.45, 2.75) is 30.9 Å². The quantitative estimate of drug-likeness (QED) is 0.785. The lowest BCUT2D eigenvalue weighted by Gasteiger charge is -2.13. The van der Waals surface area contributed by atoms with Crippen LogP contribution in [-0.4, -0.2) is 15.2 Å². The summed E-state index contributed by atoms with van der Waals surface area (Å²) in [5, 5.41) is -0.0125. The van der Waals surface area contributed by atoms with E-state index >= 15 is 0 Å². The van der Waals surface area contributed by atoms with Gasteiger partial charge in [0.25, 0.3) is 0 Å². The molecular formula is C17H17ClO2S. The minimum absolute atomic E-state index is 0.133. The lowest BCUT2D eigenvalue weighted by Crippen LogP contribution is -2.23. The fraction of sp³-hybridized carbons (Fsp3) is 0.235. The van der Waals surface area contributed by atoms with Crippen molar-refractivity contribution in [2.24, 2.45) is 0 Å². The van der Waals surface area contributed by atoms with Gasteiger partial charge in [-0.05, 0) is 62.2 Å². The molecule has 2 rings (SSSR count). The van der Waals surface area contributed by atoms with Gasteiger partial charge in [-0.3, -0.25) is 9.00 Å². The lowest BCUT2D eigenvalue weighted by atomic mass is 10.1. The van der Waals surface area contributed by atoms with E-state index in [0.29, 0.717) is 10.6 Å². The van der Waals surface area contributed by atoms with E-state index in [1.165, 1.54) is 0 Å². The van der Waals surface area contributed by atoms with Crippen molar-refractivity contribution in [1.82, 2.24) is 0 Å². The molecule has 2 aromatic carbocycles. The number of Topliss-reactive ketones (excluding diaryl/α,β-unsaturated/α-hetero) is 1. The standard InChI is InChI=1S/C17H17ClO2S/c1-11-4-5-12(2)16(10-11)21(20)13(3)17(19)14-6-8-15(18)9-7-14/h4-10,13H,1-3H3. The number of halogens is 1. The molecular weight excluding hydrogens is 304 g/mol. The minimum Gasteiger partial charge on any atom is -0.293 e. The van der Waals surface area contributed by atoms with Crippen molar-refractivity contribution in [3.8, 4) is 0 Å². The van der Waals surface area contributed by atoms with Gasteiger partial charge >= 0.3 is 0 Å². The monoisotopic (exact) mass is 320 g/mol. The highest BCUT2D eigenvalue weighted by atomic mass is 35.5. The number of rotatable bonds is 4. The van der Waals surface area contributed by atoms with Crippen molar-refractivity contribution in [3.63, 3.8) is 0 Å². The van der Waals surface area contributed by atoms with Crippen LogP contribution in [0.1, 0.15) is 28.4 Å². The average molecular weight is 321 g/mol. The third-order valence-electron chi connectivity index (χ3n) is 3.38. The van der Waals surface area contributed by atoms with Crippen LogP contribution in [0, 0.1) is 13.8 Å². The van der Waals surface area contributed by atoms with Gasteiger partial charge in [0.1, 0.15) is 0 Å². The summed E-state index contributed by atoms with van der Waals surface area (Å²) in [5.41, 5.74) is 2.51. The zero-order chi connectivity index (χ0) is 15.6.